The van der Waals surface area contributed by atoms with Crippen molar-refractivity contribution in [1.29, 1.82) is 0 Å². The zero-order valence-electron chi connectivity index (χ0n) is 10.3. The van der Waals surface area contributed by atoms with E-state index in [9.17, 15) is 0 Å². The summed E-state index contributed by atoms with van der Waals surface area (Å²) in [5, 5.41) is 7.53. The van der Waals surface area contributed by atoms with Gasteiger partial charge in [-0.05, 0) is 19.1 Å². The van der Waals surface area contributed by atoms with Crippen molar-refractivity contribution in [3.63, 3.8) is 0 Å². The van der Waals surface area contributed by atoms with E-state index < -0.39 is 0 Å². The van der Waals surface area contributed by atoms with Crippen LogP contribution in [0, 0.1) is 6.92 Å². The van der Waals surface area contributed by atoms with Crippen LogP contribution in [-0.2, 0) is 13.6 Å². The first-order chi connectivity index (χ1) is 8.19. The Morgan fingerprint density at radius 3 is 2.76 bits per heavy atom. The molecular formula is C12H16N4O. The Bertz CT molecular complexity index is 490. The summed E-state index contributed by atoms with van der Waals surface area (Å²) in [6, 6.07) is 3.77. The molecule has 0 aromatic carbocycles. The van der Waals surface area contributed by atoms with Crippen molar-refractivity contribution in [2.24, 2.45) is 7.05 Å². The van der Waals surface area contributed by atoms with Crippen LogP contribution in [0.3, 0.4) is 0 Å². The minimum absolute atomic E-state index is 0.721. The molecule has 0 bridgehead atoms. The largest absolute Gasteiger partial charge is 0.495 e. The number of anilines is 1. The van der Waals surface area contributed by atoms with Crippen molar-refractivity contribution in [3.8, 4) is 5.75 Å². The Morgan fingerprint density at radius 1 is 1.41 bits per heavy atom. The van der Waals surface area contributed by atoms with Crippen molar-refractivity contribution in [2.45, 2.75) is 13.5 Å². The number of aryl methyl sites for hydroxylation is 2. The fourth-order valence-corrected chi connectivity index (χ4v) is 1.61. The summed E-state index contributed by atoms with van der Waals surface area (Å²) in [4.78, 5) is 4.24. The molecule has 0 saturated carbocycles. The van der Waals surface area contributed by atoms with Gasteiger partial charge in [0.15, 0.2) is 0 Å². The van der Waals surface area contributed by atoms with Crippen molar-refractivity contribution < 1.29 is 4.74 Å². The number of pyridine rings is 1. The molecule has 5 heteroatoms. The van der Waals surface area contributed by atoms with Crippen molar-refractivity contribution in [2.75, 3.05) is 12.4 Å². The number of aromatic nitrogens is 3. The van der Waals surface area contributed by atoms with E-state index >= 15 is 0 Å². The first-order valence-electron chi connectivity index (χ1n) is 5.42. The van der Waals surface area contributed by atoms with E-state index in [1.807, 2.05) is 37.0 Å². The highest BCUT2D eigenvalue weighted by Crippen LogP contribution is 2.13. The van der Waals surface area contributed by atoms with Crippen molar-refractivity contribution in [3.05, 3.63) is 35.8 Å². The van der Waals surface area contributed by atoms with Crippen molar-refractivity contribution in [1.82, 2.24) is 14.8 Å². The molecule has 0 atom stereocenters. The van der Waals surface area contributed by atoms with Gasteiger partial charge in [0, 0.05) is 25.4 Å². The van der Waals surface area contributed by atoms with Crippen LogP contribution < -0.4 is 10.1 Å². The highest BCUT2D eigenvalue weighted by Gasteiger charge is 2.03. The number of nitrogens with zero attached hydrogens (tertiary/aromatic N) is 3. The van der Waals surface area contributed by atoms with Crippen LogP contribution in [0.15, 0.2) is 24.5 Å². The lowest BCUT2D eigenvalue weighted by atomic mass is 10.2. The molecule has 5 nitrogen and oxygen atoms in total. The van der Waals surface area contributed by atoms with Gasteiger partial charge in [0.05, 0.1) is 19.0 Å². The van der Waals surface area contributed by atoms with Crippen LogP contribution in [0.5, 0.6) is 5.75 Å². The summed E-state index contributed by atoms with van der Waals surface area (Å²) in [5.41, 5.74) is 2.21. The zero-order valence-corrected chi connectivity index (χ0v) is 10.3. The standard InChI is InChI=1S/C12H16N4O/c1-9-10(8-16(2)15-9)6-13-12-5-4-11(17-3)7-14-12/h4-5,7-8H,6H2,1-3H3,(H,13,14). The van der Waals surface area contributed by atoms with Gasteiger partial charge >= 0.3 is 0 Å². The molecule has 0 saturated heterocycles. The van der Waals surface area contributed by atoms with Crippen LogP contribution in [0.2, 0.25) is 0 Å². The molecule has 90 valence electrons. The van der Waals surface area contributed by atoms with Gasteiger partial charge in [-0.1, -0.05) is 0 Å². The number of methoxy groups -OCH3 is 1. The van der Waals surface area contributed by atoms with E-state index in [4.69, 9.17) is 4.74 Å². The van der Waals surface area contributed by atoms with Crippen LogP contribution >= 0.6 is 0 Å². The SMILES string of the molecule is COc1ccc(NCc2cn(C)nc2C)nc1. The van der Waals surface area contributed by atoms with Crippen molar-refractivity contribution >= 4 is 5.82 Å². The van der Waals surface area contributed by atoms with Gasteiger partial charge < -0.3 is 10.1 Å². The van der Waals surface area contributed by atoms with E-state index in [0.717, 1.165) is 23.8 Å². The predicted molar refractivity (Wildman–Crippen MR) is 66.1 cm³/mol. The van der Waals surface area contributed by atoms with Gasteiger partial charge in [-0.3, -0.25) is 4.68 Å². The first kappa shape index (κ1) is 11.4. The number of hydrogen-bond acceptors (Lipinski definition) is 4. The molecule has 2 heterocycles. The molecule has 0 unspecified atom stereocenters. The zero-order chi connectivity index (χ0) is 12.3. The first-order valence-corrected chi connectivity index (χ1v) is 5.42. The summed E-state index contributed by atoms with van der Waals surface area (Å²) in [6.45, 7) is 2.72. The molecule has 2 rings (SSSR count). The quantitative estimate of drug-likeness (QED) is 0.872. The molecule has 2 aromatic heterocycles. The highest BCUT2D eigenvalue weighted by atomic mass is 16.5. The maximum absolute atomic E-state index is 5.05. The number of hydrogen-bond donors (Lipinski definition) is 1. The van der Waals surface area contributed by atoms with Gasteiger partial charge in [-0.15, -0.1) is 0 Å². The van der Waals surface area contributed by atoms with Gasteiger partial charge in [0.1, 0.15) is 11.6 Å². The molecule has 0 spiro atoms. The lowest BCUT2D eigenvalue weighted by Gasteiger charge is -2.05. The van der Waals surface area contributed by atoms with E-state index in [1.54, 1.807) is 13.3 Å². The Labute approximate surface area is 100 Å². The summed E-state index contributed by atoms with van der Waals surface area (Å²) in [5.74, 6) is 1.59. The molecule has 17 heavy (non-hydrogen) atoms. The molecule has 0 amide bonds. The molecule has 0 aliphatic heterocycles. The Hall–Kier alpha value is -2.04. The number of rotatable bonds is 4. The fourth-order valence-electron chi connectivity index (χ4n) is 1.61. The molecule has 0 radical (unpaired) electrons. The van der Waals surface area contributed by atoms with Gasteiger partial charge in [-0.25, -0.2) is 4.98 Å². The van der Waals surface area contributed by atoms with E-state index in [0.29, 0.717) is 0 Å². The van der Waals surface area contributed by atoms with E-state index in [1.165, 1.54) is 5.56 Å². The summed E-state index contributed by atoms with van der Waals surface area (Å²) >= 11 is 0. The third-order valence-electron chi connectivity index (χ3n) is 2.55. The molecule has 2 aromatic rings. The molecule has 0 fully saturated rings. The average Bonchev–Trinajstić information content (AvgIpc) is 2.66. The maximum atomic E-state index is 5.05. The maximum Gasteiger partial charge on any atom is 0.137 e. The minimum Gasteiger partial charge on any atom is -0.495 e. The Balaban J connectivity index is 1.99. The summed E-state index contributed by atoms with van der Waals surface area (Å²) in [7, 11) is 3.55. The van der Waals surface area contributed by atoms with Crippen LogP contribution in [0.4, 0.5) is 5.82 Å². The summed E-state index contributed by atoms with van der Waals surface area (Å²) in [6.07, 6.45) is 3.70. The van der Waals surface area contributed by atoms with Crippen LogP contribution in [0.25, 0.3) is 0 Å². The average molecular weight is 232 g/mol. The number of ether oxygens (including phenoxy) is 1. The second kappa shape index (κ2) is 4.86. The van der Waals surface area contributed by atoms with Gasteiger partial charge in [0.25, 0.3) is 0 Å². The minimum atomic E-state index is 0.721. The third kappa shape index (κ3) is 2.75. The predicted octanol–water partition coefficient (Wildman–Crippen LogP) is 1.74. The smallest absolute Gasteiger partial charge is 0.137 e. The van der Waals surface area contributed by atoms with Crippen LogP contribution in [-0.4, -0.2) is 21.9 Å². The molecule has 0 aliphatic rings. The summed E-state index contributed by atoms with van der Waals surface area (Å²) < 4.78 is 6.86. The number of nitrogens with one attached hydrogen (secondary N) is 1. The third-order valence-corrected chi connectivity index (χ3v) is 2.55. The Kier molecular flexibility index (Phi) is 3.27. The monoisotopic (exact) mass is 232 g/mol. The lowest BCUT2D eigenvalue weighted by Crippen LogP contribution is -2.01. The van der Waals surface area contributed by atoms with E-state index in [2.05, 4.69) is 15.4 Å². The fraction of sp³-hybridized carbons (Fsp3) is 0.333. The topological polar surface area (TPSA) is 52.0 Å². The molecular weight excluding hydrogens is 216 g/mol. The van der Waals surface area contributed by atoms with Crippen LogP contribution in [0.1, 0.15) is 11.3 Å². The normalized spacial score (nSPS) is 10.3. The Morgan fingerprint density at radius 2 is 2.24 bits per heavy atom. The molecule has 1 N–H and O–H groups in total. The second-order valence-electron chi connectivity index (χ2n) is 3.85. The molecule has 0 aliphatic carbocycles. The lowest BCUT2D eigenvalue weighted by molar-refractivity contribution is 0.413. The second-order valence-corrected chi connectivity index (χ2v) is 3.85. The highest BCUT2D eigenvalue weighted by molar-refractivity contribution is 5.38. The van der Waals surface area contributed by atoms with Gasteiger partial charge in [-0.2, -0.15) is 5.10 Å². The van der Waals surface area contributed by atoms with Gasteiger partial charge in [0.2, 0.25) is 0 Å². The van der Waals surface area contributed by atoms with E-state index in [-0.39, 0.29) is 0 Å².